The lowest BCUT2D eigenvalue weighted by atomic mass is 9.82. The van der Waals surface area contributed by atoms with E-state index in [0.717, 1.165) is 6.92 Å². The van der Waals surface area contributed by atoms with E-state index in [-0.39, 0.29) is 6.42 Å². The molecule has 0 radical (unpaired) electrons. The molecule has 1 fully saturated rings. The molecular formula is C10H17F2NO2. The molecule has 88 valence electrons. The maximum atomic E-state index is 12.8. The van der Waals surface area contributed by atoms with Gasteiger partial charge in [-0.25, -0.2) is 8.78 Å². The Labute approximate surface area is 88.1 Å². The van der Waals surface area contributed by atoms with Gasteiger partial charge in [0.05, 0.1) is 5.92 Å². The molecule has 0 aliphatic carbocycles. The van der Waals surface area contributed by atoms with Gasteiger partial charge in [0, 0.05) is 13.0 Å². The summed E-state index contributed by atoms with van der Waals surface area (Å²) in [5.74, 6) is -4.79. The first-order valence-electron chi connectivity index (χ1n) is 5.09. The summed E-state index contributed by atoms with van der Waals surface area (Å²) in [6.07, 6.45) is 0.217. The van der Waals surface area contributed by atoms with Crippen LogP contribution in [-0.2, 0) is 4.79 Å². The van der Waals surface area contributed by atoms with Crippen LogP contribution < -0.4 is 0 Å². The molecule has 2 unspecified atom stereocenters. The number of carbonyl (C=O) groups is 1. The van der Waals surface area contributed by atoms with E-state index in [1.165, 1.54) is 0 Å². The lowest BCUT2D eigenvalue weighted by Gasteiger charge is -2.35. The van der Waals surface area contributed by atoms with Crippen molar-refractivity contribution in [3.05, 3.63) is 0 Å². The van der Waals surface area contributed by atoms with Gasteiger partial charge in [0.2, 0.25) is 5.92 Å². The van der Waals surface area contributed by atoms with Gasteiger partial charge in [0.15, 0.2) is 0 Å². The molecule has 0 aromatic carbocycles. The lowest BCUT2D eigenvalue weighted by Crippen LogP contribution is -2.43. The van der Waals surface area contributed by atoms with Crippen LogP contribution in [0.5, 0.6) is 0 Å². The van der Waals surface area contributed by atoms with Crippen LogP contribution in [0, 0.1) is 11.8 Å². The molecule has 1 N–H and O–H groups in total. The molecule has 0 bridgehead atoms. The standard InChI is InChI=1S/C10H17F2NO2/c1-10(11,12)5-7-3-4-13(2)6-8(7)9(14)15/h7-8H,3-6H2,1-2H3,(H,14,15). The summed E-state index contributed by atoms with van der Waals surface area (Å²) in [7, 11) is 1.82. The third-order valence-electron chi connectivity index (χ3n) is 2.90. The molecule has 0 aromatic rings. The Morgan fingerprint density at radius 2 is 2.20 bits per heavy atom. The second-order valence-electron chi connectivity index (χ2n) is 4.53. The van der Waals surface area contributed by atoms with Crippen molar-refractivity contribution in [3.63, 3.8) is 0 Å². The van der Waals surface area contributed by atoms with Crippen molar-refractivity contribution in [1.29, 1.82) is 0 Å². The Bertz CT molecular complexity index is 240. The Kier molecular flexibility index (Phi) is 3.65. The zero-order valence-electron chi connectivity index (χ0n) is 9.04. The first-order chi connectivity index (χ1) is 6.79. The molecule has 3 nitrogen and oxygen atoms in total. The monoisotopic (exact) mass is 221 g/mol. The highest BCUT2D eigenvalue weighted by atomic mass is 19.3. The number of carboxylic acid groups (broad SMARTS) is 1. The minimum Gasteiger partial charge on any atom is -0.481 e. The molecule has 1 aliphatic heterocycles. The van der Waals surface area contributed by atoms with E-state index in [4.69, 9.17) is 5.11 Å². The summed E-state index contributed by atoms with van der Waals surface area (Å²) < 4.78 is 25.7. The molecule has 1 saturated heterocycles. The van der Waals surface area contributed by atoms with Crippen molar-refractivity contribution >= 4 is 5.97 Å². The SMILES string of the molecule is CN1CCC(CC(C)(F)F)C(C(=O)O)C1. The van der Waals surface area contributed by atoms with Crippen LogP contribution in [0.15, 0.2) is 0 Å². The van der Waals surface area contributed by atoms with Gasteiger partial charge >= 0.3 is 5.97 Å². The largest absolute Gasteiger partial charge is 0.481 e. The molecule has 15 heavy (non-hydrogen) atoms. The molecule has 0 spiro atoms. The fraction of sp³-hybridized carbons (Fsp3) is 0.900. The van der Waals surface area contributed by atoms with Crippen LogP contribution >= 0.6 is 0 Å². The molecule has 1 aliphatic rings. The molecule has 5 heteroatoms. The quantitative estimate of drug-likeness (QED) is 0.788. The van der Waals surface area contributed by atoms with Crippen molar-refractivity contribution in [2.75, 3.05) is 20.1 Å². The summed E-state index contributed by atoms with van der Waals surface area (Å²) in [4.78, 5) is 12.8. The maximum Gasteiger partial charge on any atom is 0.308 e. The number of nitrogens with zero attached hydrogens (tertiary/aromatic N) is 1. The lowest BCUT2D eigenvalue weighted by molar-refractivity contribution is -0.147. The number of piperidine rings is 1. The van der Waals surface area contributed by atoms with Crippen molar-refractivity contribution < 1.29 is 18.7 Å². The topological polar surface area (TPSA) is 40.5 Å². The van der Waals surface area contributed by atoms with E-state index in [1.54, 1.807) is 0 Å². The third-order valence-corrected chi connectivity index (χ3v) is 2.90. The van der Waals surface area contributed by atoms with Gasteiger partial charge in [0.25, 0.3) is 0 Å². The molecule has 1 heterocycles. The summed E-state index contributed by atoms with van der Waals surface area (Å²) in [5.41, 5.74) is 0. The minimum atomic E-state index is -2.77. The van der Waals surface area contributed by atoms with E-state index < -0.39 is 23.7 Å². The minimum absolute atomic E-state index is 0.322. The molecule has 2 atom stereocenters. The van der Waals surface area contributed by atoms with Gasteiger partial charge < -0.3 is 10.0 Å². The number of hydrogen-bond acceptors (Lipinski definition) is 2. The number of halogens is 2. The fourth-order valence-corrected chi connectivity index (χ4v) is 2.15. The second kappa shape index (κ2) is 4.43. The van der Waals surface area contributed by atoms with Crippen LogP contribution in [0.4, 0.5) is 8.78 Å². The normalized spacial score (nSPS) is 29.1. The van der Waals surface area contributed by atoms with Gasteiger partial charge in [-0.05, 0) is 32.9 Å². The first-order valence-corrected chi connectivity index (χ1v) is 5.09. The average molecular weight is 221 g/mol. The molecular weight excluding hydrogens is 204 g/mol. The number of likely N-dealkylation sites (tertiary alicyclic amines) is 1. The van der Waals surface area contributed by atoms with Crippen molar-refractivity contribution in [1.82, 2.24) is 4.90 Å². The summed E-state index contributed by atoms with van der Waals surface area (Å²) in [6, 6.07) is 0. The average Bonchev–Trinajstić information content (AvgIpc) is 2.05. The number of carboxylic acids is 1. The summed E-state index contributed by atoms with van der Waals surface area (Å²) >= 11 is 0. The third kappa shape index (κ3) is 3.74. The maximum absolute atomic E-state index is 12.8. The first kappa shape index (κ1) is 12.4. The van der Waals surface area contributed by atoms with Crippen LogP contribution in [0.25, 0.3) is 0 Å². The molecule has 0 amide bonds. The van der Waals surface area contributed by atoms with Gasteiger partial charge in [-0.15, -0.1) is 0 Å². The highest BCUT2D eigenvalue weighted by molar-refractivity contribution is 5.70. The van der Waals surface area contributed by atoms with Crippen LogP contribution in [0.3, 0.4) is 0 Å². The van der Waals surface area contributed by atoms with Gasteiger partial charge in [0.1, 0.15) is 0 Å². The van der Waals surface area contributed by atoms with E-state index in [0.29, 0.717) is 19.5 Å². The van der Waals surface area contributed by atoms with Gasteiger partial charge in [-0.2, -0.15) is 0 Å². The van der Waals surface area contributed by atoms with Crippen molar-refractivity contribution in [3.8, 4) is 0 Å². The van der Waals surface area contributed by atoms with Gasteiger partial charge in [-0.1, -0.05) is 0 Å². The number of rotatable bonds is 3. The Balaban J connectivity index is 2.65. The van der Waals surface area contributed by atoms with Crippen molar-refractivity contribution in [2.24, 2.45) is 11.8 Å². The Morgan fingerprint density at radius 3 is 2.67 bits per heavy atom. The van der Waals surface area contributed by atoms with Crippen LogP contribution in [0.1, 0.15) is 19.8 Å². The predicted molar refractivity (Wildman–Crippen MR) is 52.0 cm³/mol. The predicted octanol–water partition coefficient (Wildman–Crippen LogP) is 1.68. The van der Waals surface area contributed by atoms with E-state index in [9.17, 15) is 13.6 Å². The summed E-state index contributed by atoms with van der Waals surface area (Å²) in [6.45, 7) is 1.92. The van der Waals surface area contributed by atoms with Gasteiger partial charge in [-0.3, -0.25) is 4.79 Å². The van der Waals surface area contributed by atoms with Crippen LogP contribution in [0.2, 0.25) is 0 Å². The van der Waals surface area contributed by atoms with Crippen molar-refractivity contribution in [2.45, 2.75) is 25.7 Å². The summed E-state index contributed by atoms with van der Waals surface area (Å²) in [5, 5.41) is 8.95. The van der Waals surface area contributed by atoms with E-state index in [1.807, 2.05) is 11.9 Å². The second-order valence-corrected chi connectivity index (χ2v) is 4.53. The van der Waals surface area contributed by atoms with E-state index in [2.05, 4.69) is 0 Å². The molecule has 1 rings (SSSR count). The molecule has 0 aromatic heterocycles. The Morgan fingerprint density at radius 1 is 1.60 bits per heavy atom. The highest BCUT2D eigenvalue weighted by Gasteiger charge is 2.38. The number of hydrogen-bond donors (Lipinski definition) is 1. The number of alkyl halides is 2. The number of aliphatic carboxylic acids is 1. The fourth-order valence-electron chi connectivity index (χ4n) is 2.15. The zero-order chi connectivity index (χ0) is 11.6. The van der Waals surface area contributed by atoms with E-state index >= 15 is 0 Å². The smallest absolute Gasteiger partial charge is 0.308 e. The molecule has 0 saturated carbocycles. The van der Waals surface area contributed by atoms with Crippen LogP contribution in [-0.4, -0.2) is 42.0 Å². The Hall–Kier alpha value is -0.710. The zero-order valence-corrected chi connectivity index (χ0v) is 9.04. The highest BCUT2D eigenvalue weighted by Crippen LogP contribution is 2.33.